The smallest absolute Gasteiger partial charge is 0.318 e. The summed E-state index contributed by atoms with van der Waals surface area (Å²) in [5.74, 6) is -0.818. The average Bonchev–Trinajstić information content (AvgIpc) is 2.51. The van der Waals surface area contributed by atoms with Crippen LogP contribution >= 0.6 is 24.8 Å². The molecule has 0 aliphatic carbocycles. The summed E-state index contributed by atoms with van der Waals surface area (Å²) < 4.78 is 0. The maximum atomic E-state index is 12.2. The Hall–Kier alpha value is -1.66. The molecule has 0 saturated heterocycles. The largest absolute Gasteiger partial charge is 0.395 e. The summed E-state index contributed by atoms with van der Waals surface area (Å²) in [6.07, 6.45) is 1.04. The molecule has 0 radical (unpaired) electrons. The maximum absolute atomic E-state index is 12.2. The highest BCUT2D eigenvalue weighted by Gasteiger charge is 2.31. The van der Waals surface area contributed by atoms with E-state index in [2.05, 4.69) is 15.6 Å². The number of carbonyl (C=O) groups is 3. The Morgan fingerprint density at radius 2 is 1.92 bits per heavy atom. The molecule has 1 unspecified atom stereocenters. The van der Waals surface area contributed by atoms with Crippen molar-refractivity contribution in [2.45, 2.75) is 37.4 Å². The number of halogens is 2. The third-order valence-corrected chi connectivity index (χ3v) is 3.65. The van der Waals surface area contributed by atoms with Crippen molar-refractivity contribution in [1.29, 1.82) is 0 Å². The predicted molar refractivity (Wildman–Crippen MR) is 101 cm³/mol. The van der Waals surface area contributed by atoms with E-state index in [1.54, 1.807) is 0 Å². The second kappa shape index (κ2) is 12.7. The van der Waals surface area contributed by atoms with Crippen molar-refractivity contribution >= 4 is 48.6 Å². The Labute approximate surface area is 163 Å². The molecule has 0 saturated carbocycles. The van der Waals surface area contributed by atoms with E-state index in [4.69, 9.17) is 22.3 Å². The van der Waals surface area contributed by atoms with Crippen LogP contribution in [0.15, 0.2) is 4.99 Å². The van der Waals surface area contributed by atoms with Crippen LogP contribution in [0.25, 0.3) is 0 Å². The monoisotopic (exact) mass is 415 g/mol. The van der Waals surface area contributed by atoms with E-state index < -0.39 is 24.0 Å². The van der Waals surface area contributed by atoms with Crippen LogP contribution in [0.3, 0.4) is 0 Å². The van der Waals surface area contributed by atoms with E-state index >= 15 is 0 Å². The number of hydrogen-bond donors (Lipinski definition) is 6. The van der Waals surface area contributed by atoms with Gasteiger partial charge in [0.1, 0.15) is 6.04 Å². The van der Waals surface area contributed by atoms with E-state index in [0.717, 1.165) is 0 Å². The SMILES string of the molecule is CN(C(=O)C[C@@H](N)CC[C@H](N)CO)C1CN=C(NC(N)=O)NC1=O.Cl.Cl. The average molecular weight is 416 g/mol. The quantitative estimate of drug-likeness (QED) is 0.269. The molecule has 0 bridgehead atoms. The summed E-state index contributed by atoms with van der Waals surface area (Å²) in [6, 6.07) is -2.41. The van der Waals surface area contributed by atoms with Gasteiger partial charge in [-0.3, -0.25) is 20.2 Å². The molecule has 9 N–H and O–H groups in total. The molecule has 0 spiro atoms. The first-order valence-electron chi connectivity index (χ1n) is 7.54. The van der Waals surface area contributed by atoms with E-state index in [1.807, 2.05) is 0 Å². The van der Waals surface area contributed by atoms with Gasteiger partial charge in [0.05, 0.1) is 13.2 Å². The first kappa shape index (κ1) is 26.6. The third kappa shape index (κ3) is 8.63. The fourth-order valence-corrected chi connectivity index (χ4v) is 2.15. The van der Waals surface area contributed by atoms with Crippen molar-refractivity contribution in [3.8, 4) is 0 Å². The molecule has 1 aliphatic heterocycles. The molecule has 4 amide bonds. The molecule has 0 aromatic rings. The zero-order valence-electron chi connectivity index (χ0n) is 14.4. The van der Waals surface area contributed by atoms with Crippen LogP contribution in [-0.4, -0.2) is 72.1 Å². The number of likely N-dealkylation sites (N-methyl/N-ethyl adjacent to an activating group) is 1. The fraction of sp³-hybridized carbons (Fsp3) is 0.692. The lowest BCUT2D eigenvalue weighted by molar-refractivity contribution is -0.138. The number of hydrogen-bond acceptors (Lipinski definition) is 7. The van der Waals surface area contributed by atoms with Crippen LogP contribution in [0.4, 0.5) is 4.79 Å². The second-order valence-corrected chi connectivity index (χ2v) is 5.67. The Morgan fingerprint density at radius 1 is 1.35 bits per heavy atom. The minimum absolute atomic E-state index is 0. The first-order chi connectivity index (χ1) is 11.2. The Kier molecular flexibility index (Phi) is 12.9. The van der Waals surface area contributed by atoms with Crippen molar-refractivity contribution in [2.24, 2.45) is 22.2 Å². The molecule has 1 aliphatic rings. The molecule has 13 heteroatoms. The lowest BCUT2D eigenvalue weighted by Crippen LogP contribution is -2.58. The molecule has 152 valence electrons. The van der Waals surface area contributed by atoms with Crippen LogP contribution in [0.1, 0.15) is 19.3 Å². The minimum atomic E-state index is -0.844. The van der Waals surface area contributed by atoms with Crippen LogP contribution in [0.2, 0.25) is 0 Å². The van der Waals surface area contributed by atoms with Crippen molar-refractivity contribution in [2.75, 3.05) is 20.2 Å². The van der Waals surface area contributed by atoms with Gasteiger partial charge in [0.15, 0.2) is 0 Å². The number of primary amides is 1. The van der Waals surface area contributed by atoms with Gasteiger partial charge in [0, 0.05) is 25.6 Å². The molecule has 0 aromatic carbocycles. The van der Waals surface area contributed by atoms with Gasteiger partial charge in [-0.05, 0) is 12.8 Å². The molecule has 0 aromatic heterocycles. The number of guanidine groups is 1. The number of nitrogens with zero attached hydrogens (tertiary/aromatic N) is 2. The van der Waals surface area contributed by atoms with Gasteiger partial charge in [-0.15, -0.1) is 24.8 Å². The highest BCUT2D eigenvalue weighted by atomic mass is 35.5. The van der Waals surface area contributed by atoms with E-state index in [0.29, 0.717) is 12.8 Å². The maximum Gasteiger partial charge on any atom is 0.318 e. The van der Waals surface area contributed by atoms with Gasteiger partial charge < -0.3 is 27.2 Å². The normalized spacial score (nSPS) is 18.2. The van der Waals surface area contributed by atoms with Gasteiger partial charge in [0.2, 0.25) is 11.9 Å². The van der Waals surface area contributed by atoms with E-state index in [-0.39, 0.29) is 62.3 Å². The molecule has 11 nitrogen and oxygen atoms in total. The summed E-state index contributed by atoms with van der Waals surface area (Å²) in [4.78, 5) is 40.2. The Balaban J connectivity index is 0. The zero-order chi connectivity index (χ0) is 18.3. The summed E-state index contributed by atoms with van der Waals surface area (Å²) in [6.45, 7) is -0.128. The fourth-order valence-electron chi connectivity index (χ4n) is 2.15. The van der Waals surface area contributed by atoms with Crippen LogP contribution in [0.5, 0.6) is 0 Å². The number of carbonyl (C=O) groups excluding carboxylic acids is 3. The molecule has 0 fully saturated rings. The molecule has 3 atom stereocenters. The minimum Gasteiger partial charge on any atom is -0.395 e. The Bertz CT molecular complexity index is 521. The van der Waals surface area contributed by atoms with Gasteiger partial charge in [-0.25, -0.2) is 9.79 Å². The predicted octanol–water partition coefficient (Wildman–Crippen LogP) is -2.37. The van der Waals surface area contributed by atoms with Crippen LogP contribution in [-0.2, 0) is 9.59 Å². The first-order valence-corrected chi connectivity index (χ1v) is 7.54. The molecule has 1 heterocycles. The number of aliphatic hydroxyl groups is 1. The Morgan fingerprint density at radius 3 is 2.42 bits per heavy atom. The molecule has 1 rings (SSSR count). The summed E-state index contributed by atoms with van der Waals surface area (Å²) >= 11 is 0. The number of nitrogens with one attached hydrogen (secondary N) is 2. The zero-order valence-corrected chi connectivity index (χ0v) is 16.0. The van der Waals surface area contributed by atoms with Crippen LogP contribution < -0.4 is 27.8 Å². The standard InChI is InChI=1S/C13H25N7O4.2ClH/c1-20(10(22)4-7(14)2-3-8(15)6-21)9-5-17-13(18-11(9)23)19-12(16)24;;/h7-9,21H,2-6,14-15H2,1H3,(H4,16,17,18,19,23,24);2*1H/t7-,8-,9?;;/m0../s1. The van der Waals surface area contributed by atoms with Crippen molar-refractivity contribution < 1.29 is 19.5 Å². The number of nitrogens with two attached hydrogens (primary N) is 3. The van der Waals surface area contributed by atoms with Crippen molar-refractivity contribution in [3.63, 3.8) is 0 Å². The van der Waals surface area contributed by atoms with Gasteiger partial charge in [0.25, 0.3) is 5.91 Å². The molecular formula is C13H27Cl2N7O4. The van der Waals surface area contributed by atoms with E-state index in [9.17, 15) is 14.4 Å². The third-order valence-electron chi connectivity index (χ3n) is 3.65. The van der Waals surface area contributed by atoms with E-state index in [1.165, 1.54) is 11.9 Å². The van der Waals surface area contributed by atoms with Gasteiger partial charge in [-0.1, -0.05) is 0 Å². The second-order valence-electron chi connectivity index (χ2n) is 5.67. The number of aliphatic imine (C=N–C) groups is 1. The highest BCUT2D eigenvalue weighted by molar-refractivity contribution is 6.07. The topological polar surface area (TPSA) is 189 Å². The molecular weight excluding hydrogens is 389 g/mol. The van der Waals surface area contributed by atoms with Gasteiger partial charge in [-0.2, -0.15) is 0 Å². The summed E-state index contributed by atoms with van der Waals surface area (Å²) in [7, 11) is 1.49. The summed E-state index contributed by atoms with van der Waals surface area (Å²) in [5.41, 5.74) is 16.4. The lowest BCUT2D eigenvalue weighted by Gasteiger charge is -2.30. The van der Waals surface area contributed by atoms with Crippen LogP contribution in [0, 0.1) is 0 Å². The molecule has 26 heavy (non-hydrogen) atoms. The number of rotatable bonds is 7. The summed E-state index contributed by atoms with van der Waals surface area (Å²) in [5, 5.41) is 13.4. The lowest BCUT2D eigenvalue weighted by atomic mass is 10.0. The number of amides is 4. The number of aliphatic hydroxyl groups excluding tert-OH is 1. The van der Waals surface area contributed by atoms with Crippen molar-refractivity contribution in [1.82, 2.24) is 15.5 Å². The van der Waals surface area contributed by atoms with Gasteiger partial charge >= 0.3 is 6.03 Å². The number of urea groups is 1. The highest BCUT2D eigenvalue weighted by Crippen LogP contribution is 2.08. The van der Waals surface area contributed by atoms with Crippen molar-refractivity contribution in [3.05, 3.63) is 0 Å².